The summed E-state index contributed by atoms with van der Waals surface area (Å²) in [6.07, 6.45) is -0.635. The van der Waals surface area contributed by atoms with Crippen molar-refractivity contribution in [1.82, 2.24) is 4.72 Å². The number of carbonyl (C=O) groups excluding carboxylic acids is 1. The second-order valence-corrected chi connectivity index (χ2v) is 7.61. The van der Waals surface area contributed by atoms with Gasteiger partial charge in [-0.2, -0.15) is 0 Å². The number of nitrogens with zero attached hydrogens (tertiary/aromatic N) is 1. The van der Waals surface area contributed by atoms with E-state index in [0.717, 1.165) is 5.69 Å². The van der Waals surface area contributed by atoms with Crippen molar-refractivity contribution in [3.05, 3.63) is 23.8 Å². The van der Waals surface area contributed by atoms with Gasteiger partial charge in [-0.15, -0.1) is 0 Å². The van der Waals surface area contributed by atoms with Crippen LogP contribution in [0.5, 0.6) is 0 Å². The molecule has 6 nitrogen and oxygen atoms in total. The molecule has 0 spiro atoms. The lowest BCUT2D eigenvalue weighted by molar-refractivity contribution is -0.117. The van der Waals surface area contributed by atoms with Gasteiger partial charge in [-0.25, -0.2) is 13.1 Å². The molecule has 7 heteroatoms. The number of sulfonamides is 1. The standard InChI is InChI=1S/C14H20N2O4S/c1-9(17)14(2,3)15-21(19,20)11-5-6-12-10(7-11)8-13(18)16(12)4/h5-7,9,15,17H,8H2,1-4H3. The Bertz CT molecular complexity index is 680. The number of aliphatic hydroxyl groups is 1. The smallest absolute Gasteiger partial charge is 0.241 e. The number of nitrogens with one attached hydrogen (secondary N) is 1. The molecule has 0 bridgehead atoms. The Labute approximate surface area is 124 Å². The van der Waals surface area contributed by atoms with E-state index in [1.54, 1.807) is 27.0 Å². The summed E-state index contributed by atoms with van der Waals surface area (Å²) in [6, 6.07) is 4.61. The number of amides is 1. The molecule has 1 aliphatic heterocycles. The number of hydrogen-bond donors (Lipinski definition) is 2. The van der Waals surface area contributed by atoms with Crippen LogP contribution in [0, 0.1) is 0 Å². The average molecular weight is 312 g/mol. The van der Waals surface area contributed by atoms with Crippen LogP contribution >= 0.6 is 0 Å². The third-order valence-electron chi connectivity index (χ3n) is 3.88. The molecule has 0 aliphatic carbocycles. The Morgan fingerprint density at radius 1 is 1.38 bits per heavy atom. The average Bonchev–Trinajstić information content (AvgIpc) is 2.63. The van der Waals surface area contributed by atoms with Crippen molar-refractivity contribution in [3.63, 3.8) is 0 Å². The van der Waals surface area contributed by atoms with Crippen molar-refractivity contribution in [1.29, 1.82) is 0 Å². The number of rotatable bonds is 4. The van der Waals surface area contributed by atoms with Crippen molar-refractivity contribution < 1.29 is 18.3 Å². The molecule has 0 saturated heterocycles. The minimum atomic E-state index is -3.76. The fourth-order valence-electron chi connectivity index (χ4n) is 2.10. The van der Waals surface area contributed by atoms with E-state index < -0.39 is 21.7 Å². The molecule has 1 atom stereocenters. The first-order chi connectivity index (χ1) is 9.54. The van der Waals surface area contributed by atoms with Crippen LogP contribution < -0.4 is 9.62 Å². The molecular formula is C14H20N2O4S. The van der Waals surface area contributed by atoms with Crippen LogP contribution in [-0.4, -0.2) is 38.1 Å². The zero-order valence-corrected chi connectivity index (χ0v) is 13.4. The molecule has 1 aromatic carbocycles. The number of benzene rings is 1. The summed E-state index contributed by atoms with van der Waals surface area (Å²) in [5.41, 5.74) is 0.443. The first-order valence-electron chi connectivity index (χ1n) is 6.66. The van der Waals surface area contributed by atoms with Gasteiger partial charge < -0.3 is 10.0 Å². The third-order valence-corrected chi connectivity index (χ3v) is 5.55. The quantitative estimate of drug-likeness (QED) is 0.854. The molecular weight excluding hydrogens is 292 g/mol. The minimum absolute atomic E-state index is 0.0585. The van der Waals surface area contributed by atoms with Gasteiger partial charge in [-0.05, 0) is 44.5 Å². The fraction of sp³-hybridized carbons (Fsp3) is 0.500. The van der Waals surface area contributed by atoms with Crippen molar-refractivity contribution in [2.45, 2.75) is 43.7 Å². The number of likely N-dealkylation sites (N-methyl/N-ethyl adjacent to an activating group) is 1. The summed E-state index contributed by atoms with van der Waals surface area (Å²) in [4.78, 5) is 13.2. The largest absolute Gasteiger partial charge is 0.391 e. The highest BCUT2D eigenvalue weighted by atomic mass is 32.2. The van der Waals surface area contributed by atoms with E-state index in [-0.39, 0.29) is 17.2 Å². The first kappa shape index (κ1) is 15.9. The highest BCUT2D eigenvalue weighted by molar-refractivity contribution is 7.89. The second-order valence-electron chi connectivity index (χ2n) is 5.92. The zero-order valence-electron chi connectivity index (χ0n) is 12.5. The summed E-state index contributed by atoms with van der Waals surface area (Å²) in [6.45, 7) is 4.75. The molecule has 2 N–H and O–H groups in total. The highest BCUT2D eigenvalue weighted by Crippen LogP contribution is 2.30. The van der Waals surface area contributed by atoms with E-state index in [1.807, 2.05) is 0 Å². The molecule has 1 heterocycles. The van der Waals surface area contributed by atoms with E-state index in [0.29, 0.717) is 5.56 Å². The van der Waals surface area contributed by atoms with Gasteiger partial charge >= 0.3 is 0 Å². The monoisotopic (exact) mass is 312 g/mol. The van der Waals surface area contributed by atoms with Crippen molar-refractivity contribution >= 4 is 21.6 Å². The lowest BCUT2D eigenvalue weighted by atomic mass is 10.0. The van der Waals surface area contributed by atoms with Crippen LogP contribution in [0.15, 0.2) is 23.1 Å². The van der Waals surface area contributed by atoms with Crippen LogP contribution in [0.3, 0.4) is 0 Å². The van der Waals surface area contributed by atoms with Gasteiger partial charge in [0.2, 0.25) is 15.9 Å². The van der Waals surface area contributed by atoms with Gasteiger partial charge in [0.1, 0.15) is 0 Å². The summed E-state index contributed by atoms with van der Waals surface area (Å²) in [7, 11) is -2.10. The lowest BCUT2D eigenvalue weighted by Gasteiger charge is -2.29. The topological polar surface area (TPSA) is 86.7 Å². The summed E-state index contributed by atoms with van der Waals surface area (Å²) in [5.74, 6) is -0.0585. The van der Waals surface area contributed by atoms with Crippen LogP contribution in [-0.2, 0) is 21.2 Å². The number of carbonyl (C=O) groups is 1. The van der Waals surface area contributed by atoms with Gasteiger partial charge in [0.15, 0.2) is 0 Å². The van der Waals surface area contributed by atoms with Crippen molar-refractivity contribution in [2.24, 2.45) is 0 Å². The van der Waals surface area contributed by atoms with Crippen LogP contribution in [0.4, 0.5) is 5.69 Å². The Morgan fingerprint density at radius 3 is 2.57 bits per heavy atom. The van der Waals surface area contributed by atoms with Gasteiger partial charge in [-0.3, -0.25) is 4.79 Å². The van der Waals surface area contributed by atoms with Gasteiger partial charge in [0, 0.05) is 12.7 Å². The second kappa shape index (κ2) is 5.08. The Hall–Kier alpha value is -1.44. The maximum absolute atomic E-state index is 12.4. The predicted molar refractivity (Wildman–Crippen MR) is 79.6 cm³/mol. The van der Waals surface area contributed by atoms with E-state index >= 15 is 0 Å². The van der Waals surface area contributed by atoms with Crippen molar-refractivity contribution in [2.75, 3.05) is 11.9 Å². The molecule has 0 fully saturated rings. The maximum Gasteiger partial charge on any atom is 0.241 e. The Morgan fingerprint density at radius 2 is 2.00 bits per heavy atom. The Balaban J connectivity index is 2.35. The highest BCUT2D eigenvalue weighted by Gasteiger charge is 2.32. The summed E-state index contributed by atoms with van der Waals surface area (Å²) >= 11 is 0. The summed E-state index contributed by atoms with van der Waals surface area (Å²) in [5, 5.41) is 9.64. The lowest BCUT2D eigenvalue weighted by Crippen LogP contribution is -2.50. The molecule has 0 saturated carbocycles. The molecule has 1 unspecified atom stereocenters. The van der Waals surface area contributed by atoms with E-state index in [4.69, 9.17) is 0 Å². The zero-order chi connectivity index (χ0) is 16.0. The molecule has 0 aromatic heterocycles. The molecule has 116 valence electrons. The van der Waals surface area contributed by atoms with E-state index in [2.05, 4.69) is 4.72 Å². The van der Waals surface area contributed by atoms with Gasteiger partial charge in [-0.1, -0.05) is 0 Å². The molecule has 0 radical (unpaired) electrons. The SMILES string of the molecule is CC(O)C(C)(C)NS(=O)(=O)c1ccc2c(c1)CC(=O)N2C. The first-order valence-corrected chi connectivity index (χ1v) is 8.14. The van der Waals surface area contributed by atoms with E-state index in [9.17, 15) is 18.3 Å². The number of anilines is 1. The Kier molecular flexibility index (Phi) is 3.86. The number of fused-ring (bicyclic) bond motifs is 1. The number of hydrogen-bond acceptors (Lipinski definition) is 4. The molecule has 1 amide bonds. The minimum Gasteiger partial charge on any atom is -0.391 e. The van der Waals surface area contributed by atoms with Gasteiger partial charge in [0.25, 0.3) is 0 Å². The molecule has 1 aromatic rings. The van der Waals surface area contributed by atoms with E-state index in [1.165, 1.54) is 24.0 Å². The molecule has 1 aliphatic rings. The van der Waals surface area contributed by atoms with Crippen molar-refractivity contribution in [3.8, 4) is 0 Å². The normalized spacial score (nSPS) is 17.0. The number of aliphatic hydroxyl groups excluding tert-OH is 1. The molecule has 2 rings (SSSR count). The molecule has 21 heavy (non-hydrogen) atoms. The third kappa shape index (κ3) is 2.95. The maximum atomic E-state index is 12.4. The van der Waals surface area contributed by atoms with Crippen LogP contribution in [0.1, 0.15) is 26.3 Å². The van der Waals surface area contributed by atoms with Crippen LogP contribution in [0.2, 0.25) is 0 Å². The van der Waals surface area contributed by atoms with Gasteiger partial charge in [0.05, 0.1) is 23.0 Å². The summed E-state index contributed by atoms with van der Waals surface area (Å²) < 4.78 is 27.3. The predicted octanol–water partition coefficient (Wildman–Crippen LogP) is 0.643. The fourth-order valence-corrected chi connectivity index (χ4v) is 3.63. The van der Waals surface area contributed by atoms with Crippen LogP contribution in [0.25, 0.3) is 0 Å².